The van der Waals surface area contributed by atoms with Crippen molar-refractivity contribution in [1.29, 1.82) is 0 Å². The second-order valence-electron chi connectivity index (χ2n) is 6.70. The van der Waals surface area contributed by atoms with Crippen LogP contribution < -0.4 is 4.74 Å². The number of pyridine rings is 1. The van der Waals surface area contributed by atoms with Crippen molar-refractivity contribution in [3.63, 3.8) is 0 Å². The SMILES string of the molecule is Cc1ccc2c(Cl)cc(Cl)c(OC(=O)[C@@H]3CS[C@]4(C)CCC(=O)N34)c2n1. The van der Waals surface area contributed by atoms with Crippen LogP contribution in [0.2, 0.25) is 10.0 Å². The summed E-state index contributed by atoms with van der Waals surface area (Å²) in [6.07, 6.45) is 1.20. The van der Waals surface area contributed by atoms with Gasteiger partial charge in [0.05, 0.1) is 14.9 Å². The van der Waals surface area contributed by atoms with Gasteiger partial charge in [-0.05, 0) is 38.5 Å². The minimum absolute atomic E-state index is 0.0134. The van der Waals surface area contributed by atoms with Crippen LogP contribution in [0.1, 0.15) is 25.5 Å². The van der Waals surface area contributed by atoms with E-state index in [-0.39, 0.29) is 21.6 Å². The summed E-state index contributed by atoms with van der Waals surface area (Å²) < 4.78 is 5.65. The van der Waals surface area contributed by atoms with Crippen molar-refractivity contribution < 1.29 is 14.3 Å². The molecule has 5 nitrogen and oxygen atoms in total. The third kappa shape index (κ3) is 2.75. The topological polar surface area (TPSA) is 59.5 Å². The summed E-state index contributed by atoms with van der Waals surface area (Å²) in [5, 5.41) is 1.32. The van der Waals surface area contributed by atoms with Gasteiger partial charge >= 0.3 is 5.97 Å². The van der Waals surface area contributed by atoms with Gasteiger partial charge in [0.15, 0.2) is 5.75 Å². The number of ether oxygens (including phenoxy) is 1. The molecule has 0 spiro atoms. The summed E-state index contributed by atoms with van der Waals surface area (Å²) in [5.41, 5.74) is 1.20. The van der Waals surface area contributed by atoms with E-state index in [9.17, 15) is 9.59 Å². The molecule has 0 aliphatic carbocycles. The molecule has 8 heteroatoms. The van der Waals surface area contributed by atoms with Gasteiger partial charge in [0.2, 0.25) is 5.91 Å². The maximum absolute atomic E-state index is 12.9. The van der Waals surface area contributed by atoms with Crippen molar-refractivity contribution in [1.82, 2.24) is 9.88 Å². The Kier molecular flexibility index (Phi) is 4.33. The van der Waals surface area contributed by atoms with Crippen LogP contribution in [0.25, 0.3) is 10.9 Å². The maximum atomic E-state index is 12.9. The first kappa shape index (κ1) is 17.9. The predicted molar refractivity (Wildman–Crippen MR) is 103 cm³/mol. The number of rotatable bonds is 2. The normalized spacial score (nSPS) is 25.0. The van der Waals surface area contributed by atoms with E-state index in [1.807, 2.05) is 26.0 Å². The number of benzene rings is 1. The number of hydrogen-bond acceptors (Lipinski definition) is 5. The van der Waals surface area contributed by atoms with Gasteiger partial charge in [-0.2, -0.15) is 0 Å². The van der Waals surface area contributed by atoms with Gasteiger partial charge in [0.25, 0.3) is 0 Å². The van der Waals surface area contributed by atoms with Gasteiger partial charge in [0, 0.05) is 23.3 Å². The van der Waals surface area contributed by atoms with Crippen LogP contribution in [0.3, 0.4) is 0 Å². The number of fused-ring (bicyclic) bond motifs is 2. The number of halogens is 2. The Morgan fingerprint density at radius 3 is 2.92 bits per heavy atom. The van der Waals surface area contributed by atoms with Gasteiger partial charge in [-0.25, -0.2) is 9.78 Å². The molecule has 2 aliphatic rings. The molecule has 0 saturated carbocycles. The Bertz CT molecular complexity index is 952. The lowest BCUT2D eigenvalue weighted by Gasteiger charge is -2.29. The molecule has 0 unspecified atom stereocenters. The van der Waals surface area contributed by atoms with Crippen LogP contribution in [0.15, 0.2) is 18.2 Å². The number of esters is 1. The second kappa shape index (κ2) is 6.29. The highest BCUT2D eigenvalue weighted by Crippen LogP contribution is 2.47. The predicted octanol–water partition coefficient (Wildman–Crippen LogP) is 4.21. The first-order chi connectivity index (χ1) is 12.3. The number of aryl methyl sites for hydroxylation is 1. The number of carbonyl (C=O) groups excluding carboxylic acids is 2. The maximum Gasteiger partial charge on any atom is 0.335 e. The van der Waals surface area contributed by atoms with Gasteiger partial charge in [0.1, 0.15) is 11.6 Å². The minimum atomic E-state index is -0.619. The molecule has 2 aliphatic heterocycles. The van der Waals surface area contributed by atoms with Crippen LogP contribution >= 0.6 is 35.0 Å². The standard InChI is InChI=1S/C18H16Cl2N2O3S/c1-9-3-4-10-11(19)7-12(20)16(15(10)21-9)25-17(24)13-8-26-18(2)6-5-14(23)22(13)18/h3-4,7,13H,5-6,8H2,1-2H3/t13-,18+/m0/s1. The Morgan fingerprint density at radius 2 is 2.15 bits per heavy atom. The van der Waals surface area contributed by atoms with Crippen LogP contribution in [0.5, 0.6) is 5.75 Å². The van der Waals surface area contributed by atoms with Crippen molar-refractivity contribution in [3.05, 3.63) is 33.9 Å². The number of nitrogens with zero attached hydrogens (tertiary/aromatic N) is 2. The third-order valence-corrected chi connectivity index (χ3v) is 7.00. The van der Waals surface area contributed by atoms with E-state index in [4.69, 9.17) is 27.9 Å². The van der Waals surface area contributed by atoms with Gasteiger partial charge in [-0.3, -0.25) is 4.79 Å². The lowest BCUT2D eigenvalue weighted by molar-refractivity contribution is -0.146. The highest BCUT2D eigenvalue weighted by Gasteiger charge is 2.53. The van der Waals surface area contributed by atoms with E-state index >= 15 is 0 Å². The number of aromatic nitrogens is 1. The molecule has 1 amide bonds. The molecule has 1 aromatic heterocycles. The van der Waals surface area contributed by atoms with Crippen molar-refractivity contribution in [2.45, 2.75) is 37.6 Å². The quantitative estimate of drug-likeness (QED) is 0.548. The lowest BCUT2D eigenvalue weighted by Crippen LogP contribution is -2.47. The Morgan fingerprint density at radius 1 is 1.38 bits per heavy atom. The van der Waals surface area contributed by atoms with Crippen LogP contribution in [-0.2, 0) is 9.59 Å². The Balaban J connectivity index is 1.71. The lowest BCUT2D eigenvalue weighted by atomic mass is 10.2. The van der Waals surface area contributed by atoms with E-state index in [0.717, 1.165) is 12.1 Å². The molecular weight excluding hydrogens is 395 g/mol. The number of carbonyl (C=O) groups is 2. The molecule has 26 heavy (non-hydrogen) atoms. The summed E-state index contributed by atoms with van der Waals surface area (Å²) in [4.78, 5) is 30.9. The van der Waals surface area contributed by atoms with Crippen LogP contribution in [0, 0.1) is 6.92 Å². The van der Waals surface area contributed by atoms with E-state index < -0.39 is 12.0 Å². The van der Waals surface area contributed by atoms with Crippen LogP contribution in [-0.4, -0.2) is 38.4 Å². The van der Waals surface area contributed by atoms with E-state index in [1.54, 1.807) is 22.7 Å². The molecular formula is C18H16Cl2N2O3S. The van der Waals surface area contributed by atoms with Crippen LogP contribution in [0.4, 0.5) is 0 Å². The first-order valence-electron chi connectivity index (χ1n) is 8.23. The molecule has 2 saturated heterocycles. The first-order valence-corrected chi connectivity index (χ1v) is 9.97. The van der Waals surface area contributed by atoms with Gasteiger partial charge in [-0.1, -0.05) is 23.2 Å². The summed E-state index contributed by atoms with van der Waals surface area (Å²) in [6, 6.07) is 4.57. The fraction of sp³-hybridized carbons (Fsp3) is 0.389. The molecule has 2 fully saturated rings. The average Bonchev–Trinajstić information content (AvgIpc) is 3.07. The fourth-order valence-electron chi connectivity index (χ4n) is 3.55. The summed E-state index contributed by atoms with van der Waals surface area (Å²) >= 11 is 14.1. The van der Waals surface area contributed by atoms with Crippen molar-refractivity contribution in [2.24, 2.45) is 0 Å². The van der Waals surface area contributed by atoms with Gasteiger partial charge < -0.3 is 9.64 Å². The fourth-order valence-corrected chi connectivity index (χ4v) is 5.52. The molecule has 3 heterocycles. The molecule has 0 radical (unpaired) electrons. The van der Waals surface area contributed by atoms with Crippen molar-refractivity contribution >= 4 is 57.7 Å². The molecule has 2 atom stereocenters. The Hall–Kier alpha value is -1.50. The summed E-state index contributed by atoms with van der Waals surface area (Å²) in [7, 11) is 0. The van der Waals surface area contributed by atoms with Crippen molar-refractivity contribution in [2.75, 3.05) is 5.75 Å². The zero-order valence-corrected chi connectivity index (χ0v) is 16.5. The Labute approximate surface area is 165 Å². The molecule has 136 valence electrons. The zero-order valence-electron chi connectivity index (χ0n) is 14.2. The van der Waals surface area contributed by atoms with E-state index in [1.165, 1.54) is 0 Å². The summed E-state index contributed by atoms with van der Waals surface area (Å²) in [5.74, 6) is 0.187. The molecule has 0 bridgehead atoms. The summed E-state index contributed by atoms with van der Waals surface area (Å²) in [6.45, 7) is 3.83. The molecule has 4 rings (SSSR count). The monoisotopic (exact) mass is 410 g/mol. The highest BCUT2D eigenvalue weighted by atomic mass is 35.5. The van der Waals surface area contributed by atoms with Crippen molar-refractivity contribution in [3.8, 4) is 5.75 Å². The van der Waals surface area contributed by atoms with E-state index in [0.29, 0.717) is 28.1 Å². The molecule has 0 N–H and O–H groups in total. The third-order valence-electron chi connectivity index (χ3n) is 4.90. The largest absolute Gasteiger partial charge is 0.421 e. The molecule has 1 aromatic carbocycles. The average molecular weight is 411 g/mol. The number of thioether (sulfide) groups is 1. The minimum Gasteiger partial charge on any atom is -0.421 e. The number of hydrogen-bond donors (Lipinski definition) is 0. The smallest absolute Gasteiger partial charge is 0.335 e. The van der Waals surface area contributed by atoms with E-state index in [2.05, 4.69) is 4.98 Å². The second-order valence-corrected chi connectivity index (χ2v) is 9.02. The number of amides is 1. The van der Waals surface area contributed by atoms with Gasteiger partial charge in [-0.15, -0.1) is 11.8 Å². The zero-order chi connectivity index (χ0) is 18.6. The highest BCUT2D eigenvalue weighted by molar-refractivity contribution is 8.01. The molecule has 2 aromatic rings.